The summed E-state index contributed by atoms with van der Waals surface area (Å²) in [4.78, 5) is 15.3. The quantitative estimate of drug-likeness (QED) is 0.653. The largest absolute Gasteiger partial charge is 0.493 e. The van der Waals surface area contributed by atoms with Crippen molar-refractivity contribution in [3.05, 3.63) is 51.5 Å². The fourth-order valence-electron chi connectivity index (χ4n) is 3.31. The van der Waals surface area contributed by atoms with Crippen LogP contribution in [0.5, 0.6) is 11.5 Å². The molecule has 0 spiro atoms. The van der Waals surface area contributed by atoms with Crippen LogP contribution in [0.1, 0.15) is 35.3 Å². The smallest absolute Gasteiger partial charge is 0.259 e. The summed E-state index contributed by atoms with van der Waals surface area (Å²) in [5.74, 6) is 0.998. The monoisotopic (exact) mass is 468 g/mol. The zero-order valence-corrected chi connectivity index (χ0v) is 18.8. The number of nitrogens with zero attached hydrogens (tertiary/aromatic N) is 1. The van der Waals surface area contributed by atoms with E-state index in [-0.39, 0.29) is 18.3 Å². The predicted octanol–water partition coefficient (Wildman–Crippen LogP) is 4.91. The molecule has 28 heavy (non-hydrogen) atoms. The Morgan fingerprint density at radius 1 is 1.18 bits per heavy atom. The molecule has 0 radical (unpaired) electrons. The number of likely N-dealkylation sites (N-methyl/N-ethyl adjacent to an activating group) is 1. The SMILES string of the molecule is CCOc1cc(OCC)c(C(=O)Nc2cccc3c2CCN(C)C3)cc1Br.Cl. The van der Waals surface area contributed by atoms with Crippen LogP contribution in [0.3, 0.4) is 0 Å². The molecule has 0 unspecified atom stereocenters. The molecule has 1 amide bonds. The molecular formula is C21H26BrClN2O3. The third-order valence-corrected chi connectivity index (χ3v) is 5.20. The van der Waals surface area contributed by atoms with Crippen LogP contribution >= 0.6 is 28.3 Å². The van der Waals surface area contributed by atoms with Crippen LogP contribution in [0, 0.1) is 0 Å². The Morgan fingerprint density at radius 3 is 2.61 bits per heavy atom. The lowest BCUT2D eigenvalue weighted by Gasteiger charge is -2.27. The maximum absolute atomic E-state index is 13.0. The van der Waals surface area contributed by atoms with Gasteiger partial charge in [0.25, 0.3) is 5.91 Å². The highest BCUT2D eigenvalue weighted by molar-refractivity contribution is 9.10. The number of hydrogen-bond acceptors (Lipinski definition) is 4. The Morgan fingerprint density at radius 2 is 1.89 bits per heavy atom. The first-order chi connectivity index (χ1) is 13.0. The molecule has 1 aliphatic heterocycles. The van der Waals surface area contributed by atoms with Crippen molar-refractivity contribution in [2.24, 2.45) is 0 Å². The standard InChI is InChI=1S/C21H25BrN2O3.ClH/c1-4-26-19-12-20(27-5-2)17(22)11-16(19)21(25)23-18-8-6-7-14-13-24(3)10-9-15(14)18;/h6-8,11-12H,4-5,9-10,13H2,1-3H3,(H,23,25);1H. The Kier molecular flexibility index (Phi) is 8.16. The summed E-state index contributed by atoms with van der Waals surface area (Å²) in [7, 11) is 2.11. The van der Waals surface area contributed by atoms with Gasteiger partial charge in [-0.3, -0.25) is 4.79 Å². The first kappa shape index (κ1) is 22.5. The van der Waals surface area contributed by atoms with Gasteiger partial charge in [0.2, 0.25) is 0 Å². The maximum atomic E-state index is 13.0. The molecule has 0 bridgehead atoms. The van der Waals surface area contributed by atoms with Crippen LogP contribution in [0.15, 0.2) is 34.8 Å². The van der Waals surface area contributed by atoms with Gasteiger partial charge < -0.3 is 19.7 Å². The van der Waals surface area contributed by atoms with E-state index >= 15 is 0 Å². The minimum atomic E-state index is -0.186. The number of carbonyl (C=O) groups is 1. The molecule has 7 heteroatoms. The summed E-state index contributed by atoms with van der Waals surface area (Å²) >= 11 is 3.49. The van der Waals surface area contributed by atoms with Crippen molar-refractivity contribution in [3.63, 3.8) is 0 Å². The lowest BCUT2D eigenvalue weighted by molar-refractivity contribution is 0.102. The van der Waals surface area contributed by atoms with Gasteiger partial charge in [-0.2, -0.15) is 0 Å². The lowest BCUT2D eigenvalue weighted by Crippen LogP contribution is -2.27. The van der Waals surface area contributed by atoms with E-state index in [0.717, 1.165) is 29.7 Å². The molecule has 1 N–H and O–H groups in total. The fourth-order valence-corrected chi connectivity index (χ4v) is 3.77. The number of benzene rings is 2. The van der Waals surface area contributed by atoms with Crippen molar-refractivity contribution in [1.29, 1.82) is 0 Å². The van der Waals surface area contributed by atoms with Crippen LogP contribution in [0.4, 0.5) is 5.69 Å². The zero-order valence-electron chi connectivity index (χ0n) is 16.4. The maximum Gasteiger partial charge on any atom is 0.259 e. The Balaban J connectivity index is 0.00000280. The number of nitrogens with one attached hydrogen (secondary N) is 1. The van der Waals surface area contributed by atoms with E-state index in [9.17, 15) is 4.79 Å². The molecule has 0 atom stereocenters. The molecule has 1 heterocycles. The fraction of sp³-hybridized carbons (Fsp3) is 0.381. The number of hydrogen-bond donors (Lipinski definition) is 1. The van der Waals surface area contributed by atoms with Crippen molar-refractivity contribution in [2.75, 3.05) is 32.1 Å². The van der Waals surface area contributed by atoms with Gasteiger partial charge in [-0.05, 0) is 66.5 Å². The van der Waals surface area contributed by atoms with Gasteiger partial charge in [0.15, 0.2) is 0 Å². The molecule has 0 fully saturated rings. The second kappa shape index (κ2) is 10.1. The van der Waals surface area contributed by atoms with Gasteiger partial charge >= 0.3 is 0 Å². The topological polar surface area (TPSA) is 50.8 Å². The molecule has 2 aromatic carbocycles. The predicted molar refractivity (Wildman–Crippen MR) is 118 cm³/mol. The van der Waals surface area contributed by atoms with E-state index in [0.29, 0.717) is 30.3 Å². The highest BCUT2D eigenvalue weighted by Gasteiger charge is 2.20. The normalized spacial score (nSPS) is 13.3. The number of fused-ring (bicyclic) bond motifs is 1. The van der Waals surface area contributed by atoms with Crippen molar-refractivity contribution in [1.82, 2.24) is 4.90 Å². The van der Waals surface area contributed by atoms with Gasteiger partial charge in [-0.1, -0.05) is 12.1 Å². The Bertz CT molecular complexity index is 845. The van der Waals surface area contributed by atoms with E-state index in [1.54, 1.807) is 12.1 Å². The van der Waals surface area contributed by atoms with Crippen molar-refractivity contribution < 1.29 is 14.3 Å². The summed E-state index contributed by atoms with van der Waals surface area (Å²) in [6.45, 7) is 6.72. The molecule has 0 saturated carbocycles. The molecular weight excluding hydrogens is 444 g/mol. The summed E-state index contributed by atoms with van der Waals surface area (Å²) in [5.41, 5.74) is 3.84. The number of halogens is 2. The van der Waals surface area contributed by atoms with Gasteiger partial charge in [0.1, 0.15) is 11.5 Å². The number of ether oxygens (including phenoxy) is 2. The van der Waals surface area contributed by atoms with Crippen LogP contribution < -0.4 is 14.8 Å². The molecule has 152 valence electrons. The van der Waals surface area contributed by atoms with Crippen LogP contribution in [0.2, 0.25) is 0 Å². The first-order valence-corrected chi connectivity index (χ1v) is 10.0. The average Bonchev–Trinajstić information content (AvgIpc) is 2.64. The first-order valence-electron chi connectivity index (χ1n) is 9.23. The minimum absolute atomic E-state index is 0. The lowest BCUT2D eigenvalue weighted by atomic mass is 9.98. The van der Waals surface area contributed by atoms with Crippen molar-refractivity contribution in [3.8, 4) is 11.5 Å². The van der Waals surface area contributed by atoms with E-state index in [1.165, 1.54) is 11.1 Å². The number of rotatable bonds is 6. The number of carbonyl (C=O) groups excluding carboxylic acids is 1. The van der Waals surface area contributed by atoms with E-state index in [4.69, 9.17) is 9.47 Å². The number of amides is 1. The van der Waals surface area contributed by atoms with Gasteiger partial charge in [-0.25, -0.2) is 0 Å². The molecule has 0 aliphatic carbocycles. The van der Waals surface area contributed by atoms with Crippen molar-refractivity contribution >= 4 is 39.9 Å². The molecule has 5 nitrogen and oxygen atoms in total. The summed E-state index contributed by atoms with van der Waals surface area (Å²) in [5, 5.41) is 3.08. The summed E-state index contributed by atoms with van der Waals surface area (Å²) in [6, 6.07) is 9.60. The molecule has 3 rings (SSSR count). The molecule has 0 aromatic heterocycles. The van der Waals surface area contributed by atoms with Gasteiger partial charge in [-0.15, -0.1) is 12.4 Å². The Hall–Kier alpha value is -1.76. The number of anilines is 1. The van der Waals surface area contributed by atoms with Crippen LogP contribution in [-0.4, -0.2) is 37.6 Å². The summed E-state index contributed by atoms with van der Waals surface area (Å²) in [6.07, 6.45) is 0.924. The van der Waals surface area contributed by atoms with Crippen molar-refractivity contribution in [2.45, 2.75) is 26.8 Å². The van der Waals surface area contributed by atoms with Gasteiger partial charge in [0, 0.05) is 24.8 Å². The molecule has 1 aliphatic rings. The highest BCUT2D eigenvalue weighted by atomic mass is 79.9. The minimum Gasteiger partial charge on any atom is -0.493 e. The van der Waals surface area contributed by atoms with Gasteiger partial charge in [0.05, 0.1) is 23.2 Å². The second-order valence-electron chi connectivity index (χ2n) is 6.53. The average molecular weight is 470 g/mol. The molecule has 0 saturated heterocycles. The Labute approximate surface area is 180 Å². The third kappa shape index (κ3) is 4.99. The molecule has 2 aromatic rings. The van der Waals surface area contributed by atoms with Crippen LogP contribution in [-0.2, 0) is 13.0 Å². The third-order valence-electron chi connectivity index (χ3n) is 4.58. The van der Waals surface area contributed by atoms with E-state index in [2.05, 4.69) is 39.3 Å². The van der Waals surface area contributed by atoms with Crippen LogP contribution in [0.25, 0.3) is 0 Å². The van der Waals surface area contributed by atoms with E-state index < -0.39 is 0 Å². The zero-order chi connectivity index (χ0) is 19.4. The van der Waals surface area contributed by atoms with E-state index in [1.807, 2.05) is 26.0 Å². The highest BCUT2D eigenvalue weighted by Crippen LogP contribution is 2.34. The second-order valence-corrected chi connectivity index (χ2v) is 7.38. The summed E-state index contributed by atoms with van der Waals surface area (Å²) < 4.78 is 12.0.